The smallest absolute Gasteiger partial charge is 0.244 e. The summed E-state index contributed by atoms with van der Waals surface area (Å²) in [7, 11) is 5.72. The number of likely N-dealkylation sites (N-methyl/N-ethyl adjacent to an activating group) is 2. The van der Waals surface area contributed by atoms with Crippen molar-refractivity contribution in [2.75, 3.05) is 242 Å². The van der Waals surface area contributed by atoms with Gasteiger partial charge in [-0.1, -0.05) is 178 Å². The number of nitrogens with zero attached hydrogens (tertiary/aromatic N) is 18. The van der Waals surface area contributed by atoms with Crippen LogP contribution in [0, 0.1) is 17.8 Å². The third kappa shape index (κ3) is 34.6. The van der Waals surface area contributed by atoms with Gasteiger partial charge < -0.3 is 49.8 Å². The molecule has 8 aliphatic rings. The molecule has 5 saturated heterocycles. The van der Waals surface area contributed by atoms with Gasteiger partial charge in [-0.25, -0.2) is 83.6 Å². The average Bonchev–Trinajstić information content (AvgIpc) is 1.03. The predicted octanol–water partition coefficient (Wildman–Crippen LogP) is 17.2. The Hall–Kier alpha value is -7.27. The molecule has 0 radical (unpaired) electrons. The Morgan fingerprint density at radius 1 is 0.373 bits per heavy atom. The summed E-state index contributed by atoms with van der Waals surface area (Å²) in [5.41, 5.74) is 12.7. The second-order valence-corrected chi connectivity index (χ2v) is 55.9. The molecule has 2 atom stereocenters. The number of likely N-dealkylation sites (tertiary alicyclic amines) is 1. The molecule has 0 spiro atoms. The van der Waals surface area contributed by atoms with E-state index in [4.69, 9.17) is 0 Å². The highest BCUT2D eigenvalue weighted by Gasteiger charge is 2.39. The van der Waals surface area contributed by atoms with E-state index in [1.54, 1.807) is 88.2 Å². The van der Waals surface area contributed by atoms with Crippen molar-refractivity contribution in [1.29, 1.82) is 0 Å². The molecule has 7 aromatic rings. The monoisotopic (exact) mass is 2170 g/mol. The summed E-state index contributed by atoms with van der Waals surface area (Å²) in [6.45, 7) is 54.2. The van der Waals surface area contributed by atoms with Crippen LogP contribution in [-0.2, 0) is 63.0 Å². The number of rotatable bonds is 32. The van der Waals surface area contributed by atoms with Gasteiger partial charge >= 0.3 is 0 Å². The fourth-order valence-electron chi connectivity index (χ4n) is 21.1. The maximum atomic E-state index is 13.0. The Balaban J connectivity index is 0.000000194. The second kappa shape index (κ2) is 58.1. The number of hydrogen-bond donors (Lipinski definition) is 2. The van der Waals surface area contributed by atoms with Gasteiger partial charge in [0.05, 0.1) is 27.6 Å². The standard InChI is InChI=1S/C18H29N3O2S.C17H29N3O2S.C17H29N3.2C16H27N3O2S.C16H26N2O2S.C15H25N3/c1-14(2)16-6-5-7-17(18(16)24(22,23)19(3)4)21-12-10-20(11-13-21)15-8-9-15;1-6-19-10-12-20(13-11-19)16-9-7-8-15(14(2)3)17(16)23(21,22)18(4)5;1-5-20(4)16-8-6-14(7-9-16)10-15-11-17(13(2)3)19-12-18-15;1-13(2)14-7-6-8-15(16(14)22(20,21)17(3)4)19-11-9-18(5)10-12-19;1-12(2)14-7-6-8-15(16(14)22(20,21)18(4)5)19-10-9-17-13(3)11-19;1-13(2)15-7-5-6-8-16(15)21(19,20)18(4)12-14-9-10-17(3)11-14;1-11(2)15-9-14(17-10-18-15)8-12-4-6-13(16-3)7-5-12/h5-7,14-15H,8-13H2,1-4H3;7-9,14H,6,10-13H2,1-5H3;11-14,16H,5-10H2,1-4H3;6-8,13H,9-12H2,1-5H3;6-8,12-13,17H,9-11H2,1-5H3;5-8,13-14H,9-12H2,1-4H3;9-13,16H,4-8H2,1-3H3/t;;;;;14-;/m.....0./s1. The molecule has 3 aliphatic carbocycles. The van der Waals surface area contributed by atoms with Crippen LogP contribution in [0.3, 0.4) is 0 Å². The van der Waals surface area contributed by atoms with Crippen molar-refractivity contribution in [2.45, 2.75) is 291 Å². The van der Waals surface area contributed by atoms with Crippen LogP contribution in [0.2, 0.25) is 0 Å². The van der Waals surface area contributed by atoms with Crippen LogP contribution in [-0.4, -0.2) is 355 Å². The Bertz CT molecular complexity index is 5930. The summed E-state index contributed by atoms with van der Waals surface area (Å²) >= 11 is 0. The van der Waals surface area contributed by atoms with E-state index in [1.165, 1.54) is 115 Å². The van der Waals surface area contributed by atoms with E-state index in [1.807, 2.05) is 140 Å². The highest BCUT2D eigenvalue weighted by molar-refractivity contribution is 7.90. The minimum Gasteiger partial charge on any atom is -0.368 e. The molecule has 7 heterocycles. The SMILES string of the molecule is CC(C)c1cccc(N2CCN(C)CC2)c1S(=O)(=O)N(C)C.CC(C)c1cccc(N2CCN(C3CC3)CC2)c1S(=O)(=O)N(C)C.CC(C)c1ccccc1S(=O)(=O)N(C)C[C@H]1CCN(C)C1.CC1CN(c2cccc(C(C)C)c2S(=O)(=O)N(C)C)CCN1.CCN(C)C1CCC(Cc2cc(C(C)C)ncn2)CC1.CCN1CCN(c2cccc(C(C)C)c2S(=O)(=O)N(C)C)CC1.CNC1CCC(Cc2cc(C(C)C)ncn2)CC1. The first-order valence-corrected chi connectivity index (χ1v) is 62.7. The zero-order chi connectivity index (χ0) is 111. The molecule has 5 aromatic carbocycles. The van der Waals surface area contributed by atoms with Gasteiger partial charge in [-0.05, 0) is 268 Å². The minimum absolute atomic E-state index is 0.157. The van der Waals surface area contributed by atoms with Crippen LogP contribution in [0.25, 0.3) is 0 Å². The molecule has 35 heteroatoms. The first kappa shape index (κ1) is 126. The molecule has 2 aromatic heterocycles. The van der Waals surface area contributed by atoms with E-state index < -0.39 is 50.1 Å². The highest BCUT2D eigenvalue weighted by atomic mass is 32.2. The van der Waals surface area contributed by atoms with Crippen molar-refractivity contribution in [2.24, 2.45) is 17.8 Å². The number of piperazine rings is 4. The molecular formula is C115H192N20O10S5. The van der Waals surface area contributed by atoms with Gasteiger partial charge in [-0.2, -0.15) is 0 Å². The first-order valence-electron chi connectivity index (χ1n) is 55.5. The lowest BCUT2D eigenvalue weighted by Gasteiger charge is -2.37. The zero-order valence-electron chi connectivity index (χ0n) is 97.1. The summed E-state index contributed by atoms with van der Waals surface area (Å²) < 4.78 is 136. The predicted molar refractivity (Wildman–Crippen MR) is 621 cm³/mol. The summed E-state index contributed by atoms with van der Waals surface area (Å²) in [6, 6.07) is 37.8. The van der Waals surface area contributed by atoms with Gasteiger partial charge in [0, 0.05) is 222 Å². The molecule has 0 bridgehead atoms. The lowest BCUT2D eigenvalue weighted by molar-refractivity contribution is 0.171. The van der Waals surface area contributed by atoms with Crippen LogP contribution < -0.4 is 30.2 Å². The lowest BCUT2D eigenvalue weighted by Crippen LogP contribution is -2.49. The van der Waals surface area contributed by atoms with Crippen LogP contribution >= 0.6 is 0 Å². The maximum Gasteiger partial charge on any atom is 0.244 e. The highest BCUT2D eigenvalue weighted by Crippen LogP contribution is 2.42. The van der Waals surface area contributed by atoms with Gasteiger partial charge in [0.15, 0.2) is 0 Å². The largest absolute Gasteiger partial charge is 0.368 e. The fraction of sp³-hybridized carbons (Fsp3) is 0.670. The van der Waals surface area contributed by atoms with Gasteiger partial charge in [0.25, 0.3) is 0 Å². The molecule has 2 N–H and O–H groups in total. The van der Waals surface area contributed by atoms with E-state index >= 15 is 0 Å². The topological polar surface area (TPSA) is 292 Å². The van der Waals surface area contributed by atoms with Gasteiger partial charge in [0.1, 0.15) is 32.2 Å². The molecule has 5 aliphatic heterocycles. The third-order valence-corrected chi connectivity index (χ3v) is 40.7. The first-order chi connectivity index (χ1) is 70.7. The van der Waals surface area contributed by atoms with Crippen molar-refractivity contribution in [1.82, 2.24) is 76.6 Å². The molecule has 1 unspecified atom stereocenters. The molecule has 8 fully saturated rings. The van der Waals surface area contributed by atoms with Crippen molar-refractivity contribution in [3.05, 3.63) is 172 Å². The quantitative estimate of drug-likeness (QED) is 0.0396. The Morgan fingerprint density at radius 2 is 0.740 bits per heavy atom. The number of benzene rings is 5. The molecular weight excluding hydrogens is 1980 g/mol. The molecule has 0 amide bonds. The Kier molecular flexibility index (Phi) is 48.9. The van der Waals surface area contributed by atoms with Crippen molar-refractivity contribution >= 4 is 72.9 Å². The Labute approximate surface area is 908 Å². The van der Waals surface area contributed by atoms with Crippen LogP contribution in [0.1, 0.15) is 280 Å². The van der Waals surface area contributed by atoms with Crippen LogP contribution in [0.4, 0.5) is 22.7 Å². The third-order valence-electron chi connectivity index (χ3n) is 31.1. The summed E-state index contributed by atoms with van der Waals surface area (Å²) in [6.07, 6.45) is 20.1. The molecule has 15 rings (SSSR count). The fourth-order valence-corrected chi connectivity index (χ4v) is 28.4. The van der Waals surface area contributed by atoms with Gasteiger partial charge in [0.2, 0.25) is 50.1 Å². The van der Waals surface area contributed by atoms with E-state index in [0.29, 0.717) is 54.8 Å². The summed E-state index contributed by atoms with van der Waals surface area (Å²) in [5, 5.41) is 6.79. The summed E-state index contributed by atoms with van der Waals surface area (Å²) in [5.74, 6) is 3.89. The summed E-state index contributed by atoms with van der Waals surface area (Å²) in [4.78, 5) is 40.8. The van der Waals surface area contributed by atoms with E-state index in [-0.39, 0.29) is 29.6 Å². The number of nitrogens with one attached hydrogen (secondary N) is 2. The zero-order valence-corrected chi connectivity index (χ0v) is 101. The van der Waals surface area contributed by atoms with Crippen molar-refractivity contribution in [3.63, 3.8) is 0 Å². The van der Waals surface area contributed by atoms with Crippen LogP contribution in [0.15, 0.2) is 146 Å². The minimum atomic E-state index is -3.48. The maximum absolute atomic E-state index is 13.0. The Morgan fingerprint density at radius 3 is 1.08 bits per heavy atom. The van der Waals surface area contributed by atoms with E-state index in [0.717, 1.165) is 218 Å². The molecule has 150 heavy (non-hydrogen) atoms. The van der Waals surface area contributed by atoms with E-state index in [9.17, 15) is 42.1 Å². The number of aromatic nitrogens is 4. The van der Waals surface area contributed by atoms with Crippen molar-refractivity contribution < 1.29 is 42.1 Å². The van der Waals surface area contributed by atoms with Gasteiger partial charge in [-0.15, -0.1) is 0 Å². The number of hydrogen-bond acceptors (Lipinski definition) is 25. The molecule has 3 saturated carbocycles. The second-order valence-electron chi connectivity index (χ2n) is 45.6. The van der Waals surface area contributed by atoms with Gasteiger partial charge in [-0.3, -0.25) is 4.90 Å². The normalized spacial score (nSPS) is 20.3. The average molecular weight is 2180 g/mol. The molecule has 30 nitrogen and oxygen atoms in total. The lowest BCUT2D eigenvalue weighted by atomic mass is 9.82. The number of sulfonamides is 5. The van der Waals surface area contributed by atoms with Crippen molar-refractivity contribution in [3.8, 4) is 0 Å². The van der Waals surface area contributed by atoms with Crippen LogP contribution in [0.5, 0.6) is 0 Å². The number of anilines is 4. The van der Waals surface area contributed by atoms with E-state index in [2.05, 4.69) is 177 Å². The molecule has 842 valence electrons.